The summed E-state index contributed by atoms with van der Waals surface area (Å²) in [4.78, 5) is 28.7. The second-order valence-corrected chi connectivity index (χ2v) is 4.40. The summed E-state index contributed by atoms with van der Waals surface area (Å²) in [7, 11) is 0. The minimum Gasteiger partial charge on any atom is -0.454 e. The molecule has 1 amide bonds. The van der Waals surface area contributed by atoms with E-state index in [1.165, 1.54) is 11.0 Å². The van der Waals surface area contributed by atoms with E-state index in [-0.39, 0.29) is 25.0 Å². The lowest BCUT2D eigenvalue weighted by Gasteiger charge is -2.26. The van der Waals surface area contributed by atoms with Gasteiger partial charge in [-0.2, -0.15) is 0 Å². The van der Waals surface area contributed by atoms with Gasteiger partial charge in [0.25, 0.3) is 5.91 Å². The van der Waals surface area contributed by atoms with Crippen molar-refractivity contribution in [2.24, 2.45) is 0 Å². The van der Waals surface area contributed by atoms with Gasteiger partial charge in [-0.25, -0.2) is 9.67 Å². The molecule has 0 atom stereocenters. The summed E-state index contributed by atoms with van der Waals surface area (Å²) < 4.78 is 6.18. The largest absolute Gasteiger partial charge is 0.454 e. The van der Waals surface area contributed by atoms with Crippen LogP contribution in [0.15, 0.2) is 6.33 Å². The molecule has 8 heteroatoms. The topological polar surface area (TPSA) is 103 Å². The average molecular weight is 267 g/mol. The van der Waals surface area contributed by atoms with Crippen molar-refractivity contribution in [2.45, 2.75) is 25.8 Å². The van der Waals surface area contributed by atoms with Crippen LogP contribution in [0.4, 0.5) is 5.95 Å². The van der Waals surface area contributed by atoms with Crippen LogP contribution in [0.5, 0.6) is 0 Å². The Kier molecular flexibility index (Phi) is 4.32. The molecule has 0 aliphatic carbocycles. The number of hydrogen-bond acceptors (Lipinski definition) is 6. The molecule has 1 fully saturated rings. The zero-order chi connectivity index (χ0) is 13.7. The molecule has 1 aliphatic heterocycles. The molecule has 1 aromatic heterocycles. The number of nitrogen functional groups attached to an aromatic ring is 1. The number of ether oxygens (including phenoxy) is 1. The zero-order valence-electron chi connectivity index (χ0n) is 10.6. The SMILES string of the molecule is Nc1ncn(CC(=O)OCC(=O)N2CCCCC2)n1. The third-order valence-electron chi connectivity index (χ3n) is 2.91. The van der Waals surface area contributed by atoms with E-state index in [1.54, 1.807) is 4.90 Å². The molecule has 0 saturated carbocycles. The molecule has 104 valence electrons. The van der Waals surface area contributed by atoms with Crippen LogP contribution < -0.4 is 5.73 Å². The number of carbonyl (C=O) groups is 2. The van der Waals surface area contributed by atoms with Crippen molar-refractivity contribution in [1.82, 2.24) is 19.7 Å². The van der Waals surface area contributed by atoms with E-state index in [0.29, 0.717) is 0 Å². The summed E-state index contributed by atoms with van der Waals surface area (Å²) in [6.45, 7) is 1.17. The van der Waals surface area contributed by atoms with Crippen molar-refractivity contribution >= 4 is 17.8 Å². The van der Waals surface area contributed by atoms with Gasteiger partial charge in [0.2, 0.25) is 5.95 Å². The molecule has 2 N–H and O–H groups in total. The highest BCUT2D eigenvalue weighted by Crippen LogP contribution is 2.08. The van der Waals surface area contributed by atoms with Crippen molar-refractivity contribution in [3.8, 4) is 0 Å². The fourth-order valence-electron chi connectivity index (χ4n) is 1.94. The first kappa shape index (κ1) is 13.3. The van der Waals surface area contributed by atoms with Gasteiger partial charge in [-0.1, -0.05) is 0 Å². The number of hydrogen-bond donors (Lipinski definition) is 1. The van der Waals surface area contributed by atoms with E-state index in [1.807, 2.05) is 0 Å². The number of amides is 1. The molecule has 1 aromatic rings. The third kappa shape index (κ3) is 3.94. The van der Waals surface area contributed by atoms with Crippen molar-refractivity contribution in [1.29, 1.82) is 0 Å². The van der Waals surface area contributed by atoms with Gasteiger partial charge in [0.15, 0.2) is 6.61 Å². The van der Waals surface area contributed by atoms with E-state index in [4.69, 9.17) is 10.5 Å². The molecule has 19 heavy (non-hydrogen) atoms. The Morgan fingerprint density at radius 2 is 2.05 bits per heavy atom. The number of esters is 1. The number of anilines is 1. The molecular formula is C11H17N5O3. The molecule has 0 radical (unpaired) electrons. The quantitative estimate of drug-likeness (QED) is 0.732. The second kappa shape index (κ2) is 6.17. The minimum absolute atomic E-state index is 0.0946. The fourth-order valence-corrected chi connectivity index (χ4v) is 1.94. The van der Waals surface area contributed by atoms with Gasteiger partial charge in [0.05, 0.1) is 0 Å². The van der Waals surface area contributed by atoms with Gasteiger partial charge in [0, 0.05) is 13.1 Å². The van der Waals surface area contributed by atoms with Crippen molar-refractivity contribution in [3.63, 3.8) is 0 Å². The summed E-state index contributed by atoms with van der Waals surface area (Å²) in [6, 6.07) is 0. The molecular weight excluding hydrogens is 250 g/mol. The number of piperidine rings is 1. The standard InChI is InChI=1S/C11H17N5O3/c12-11-13-8-16(14-11)6-10(18)19-7-9(17)15-4-2-1-3-5-15/h8H,1-7H2,(H2,12,14). The van der Waals surface area contributed by atoms with Crippen LogP contribution in [0.25, 0.3) is 0 Å². The van der Waals surface area contributed by atoms with Crippen molar-refractivity contribution < 1.29 is 14.3 Å². The highest BCUT2D eigenvalue weighted by Gasteiger charge is 2.18. The predicted molar refractivity (Wildman–Crippen MR) is 65.8 cm³/mol. The highest BCUT2D eigenvalue weighted by atomic mass is 16.5. The Morgan fingerprint density at radius 3 is 2.68 bits per heavy atom. The number of nitrogens with zero attached hydrogens (tertiary/aromatic N) is 4. The molecule has 0 spiro atoms. The minimum atomic E-state index is -0.532. The number of likely N-dealkylation sites (tertiary alicyclic amines) is 1. The van der Waals surface area contributed by atoms with Crippen LogP contribution >= 0.6 is 0 Å². The number of carbonyl (C=O) groups excluding carboxylic acids is 2. The van der Waals surface area contributed by atoms with Crippen molar-refractivity contribution in [3.05, 3.63) is 6.33 Å². The lowest BCUT2D eigenvalue weighted by atomic mass is 10.1. The maximum absolute atomic E-state index is 11.8. The first-order chi connectivity index (χ1) is 9.15. The number of aromatic nitrogens is 3. The van der Waals surface area contributed by atoms with Gasteiger partial charge in [-0.3, -0.25) is 9.59 Å². The predicted octanol–water partition coefficient (Wildman–Crippen LogP) is -0.584. The molecule has 0 unspecified atom stereocenters. The van der Waals surface area contributed by atoms with Crippen LogP contribution in [0, 0.1) is 0 Å². The maximum atomic E-state index is 11.8. The number of rotatable bonds is 4. The normalized spacial score (nSPS) is 15.3. The Balaban J connectivity index is 1.72. The number of nitrogens with two attached hydrogens (primary N) is 1. The van der Waals surface area contributed by atoms with E-state index >= 15 is 0 Å². The van der Waals surface area contributed by atoms with Crippen molar-refractivity contribution in [2.75, 3.05) is 25.4 Å². The van der Waals surface area contributed by atoms with Crippen LogP contribution in [0.2, 0.25) is 0 Å². The summed E-state index contributed by atoms with van der Waals surface area (Å²) in [5.74, 6) is -0.585. The summed E-state index contributed by atoms with van der Waals surface area (Å²) >= 11 is 0. The third-order valence-corrected chi connectivity index (χ3v) is 2.91. The maximum Gasteiger partial charge on any atom is 0.328 e. The fraction of sp³-hybridized carbons (Fsp3) is 0.636. The molecule has 2 rings (SSSR count). The van der Waals surface area contributed by atoms with E-state index in [2.05, 4.69) is 10.1 Å². The Morgan fingerprint density at radius 1 is 1.32 bits per heavy atom. The first-order valence-electron chi connectivity index (χ1n) is 6.23. The Hall–Kier alpha value is -2.12. The van der Waals surface area contributed by atoms with Crippen LogP contribution in [0.1, 0.15) is 19.3 Å². The lowest BCUT2D eigenvalue weighted by Crippen LogP contribution is -2.38. The summed E-state index contributed by atoms with van der Waals surface area (Å²) in [5, 5.41) is 3.75. The zero-order valence-corrected chi connectivity index (χ0v) is 10.6. The molecule has 8 nitrogen and oxygen atoms in total. The smallest absolute Gasteiger partial charge is 0.328 e. The monoisotopic (exact) mass is 267 g/mol. The van der Waals surface area contributed by atoms with Gasteiger partial charge >= 0.3 is 5.97 Å². The van der Waals surface area contributed by atoms with Gasteiger partial charge < -0.3 is 15.4 Å². The van der Waals surface area contributed by atoms with E-state index < -0.39 is 5.97 Å². The molecule has 1 saturated heterocycles. The summed E-state index contributed by atoms with van der Waals surface area (Å²) in [6.07, 6.45) is 4.51. The van der Waals surface area contributed by atoms with Gasteiger partial charge in [0.1, 0.15) is 12.9 Å². The van der Waals surface area contributed by atoms with Gasteiger partial charge in [-0.05, 0) is 19.3 Å². The lowest BCUT2D eigenvalue weighted by molar-refractivity contribution is -0.153. The van der Waals surface area contributed by atoms with Gasteiger partial charge in [-0.15, -0.1) is 5.10 Å². The molecule has 0 aromatic carbocycles. The van der Waals surface area contributed by atoms with E-state index in [9.17, 15) is 9.59 Å². The van der Waals surface area contributed by atoms with E-state index in [0.717, 1.165) is 32.4 Å². The first-order valence-corrected chi connectivity index (χ1v) is 6.23. The Bertz CT molecular complexity index is 453. The van der Waals surface area contributed by atoms with Crippen LogP contribution in [-0.2, 0) is 20.9 Å². The molecule has 1 aliphatic rings. The highest BCUT2D eigenvalue weighted by molar-refractivity contribution is 5.80. The average Bonchev–Trinajstić information content (AvgIpc) is 2.82. The Labute approximate surface area is 110 Å². The second-order valence-electron chi connectivity index (χ2n) is 4.40. The summed E-state index contributed by atoms with van der Waals surface area (Å²) in [5.41, 5.74) is 5.32. The van der Waals surface area contributed by atoms with Crippen LogP contribution in [-0.4, -0.2) is 51.2 Å². The van der Waals surface area contributed by atoms with Crippen LogP contribution in [0.3, 0.4) is 0 Å². The molecule has 0 bridgehead atoms. The molecule has 2 heterocycles.